The first-order chi connectivity index (χ1) is 30.1. The number of carbonyl (C=O) groups is 5. The van der Waals surface area contributed by atoms with E-state index in [2.05, 4.69) is 15.4 Å². The summed E-state index contributed by atoms with van der Waals surface area (Å²) in [7, 11) is 0. The molecule has 15 nitrogen and oxygen atoms in total. The van der Waals surface area contributed by atoms with Gasteiger partial charge in [0.25, 0.3) is 5.91 Å². The number of rotatable bonds is 13. The van der Waals surface area contributed by atoms with Crippen molar-refractivity contribution >= 4 is 40.9 Å². The standard InChI is InChI=1S/C44H52F3N7O8S/c1-27(61-25-41-10-6-31(7-11-41)62-26-41)34(38(57)51-15-8-28(9-16-51)36-48-14-17-63-36)50-35(55)33-21-52(22-42(33)23-53(24-42)40(60)43(12-13-43)44(45,46)47)37(56)30-18-49-54(20-30)19-29-4-2-3-5-32(29)39(58)59/h2-5,14,17-18,20,27-28,31,33-34H,6-13,15-16,19,21-26H2,1H3,(H,50,55)(H,58,59)/t27-,31?,33+,34+,41?/m1/s1. The second kappa shape index (κ2) is 16.6. The fraction of sp³-hybridized carbons (Fsp3) is 0.614. The predicted octanol–water partition coefficient (Wildman–Crippen LogP) is 4.58. The molecule has 1 aromatic carbocycles. The van der Waals surface area contributed by atoms with Crippen molar-refractivity contribution in [3.05, 3.63) is 69.9 Å². The third kappa shape index (κ3) is 8.24. The maximum Gasteiger partial charge on any atom is 0.403 e. The average Bonchev–Trinajstić information content (AvgIpc) is 3.56. The lowest BCUT2D eigenvalue weighted by molar-refractivity contribution is -0.205. The van der Waals surface area contributed by atoms with Gasteiger partial charge in [-0.25, -0.2) is 9.78 Å². The van der Waals surface area contributed by atoms with E-state index >= 15 is 0 Å². The number of nitrogens with zero attached hydrogens (tertiary/aromatic N) is 6. The molecule has 7 fully saturated rings. The van der Waals surface area contributed by atoms with Gasteiger partial charge in [-0.3, -0.25) is 23.9 Å². The Hall–Kier alpha value is -4.88. The Labute approximate surface area is 366 Å². The lowest BCUT2D eigenvalue weighted by Gasteiger charge is -2.51. The maximum absolute atomic E-state index is 14.8. The molecule has 4 amide bonds. The average molecular weight is 896 g/mol. The molecule has 0 unspecified atom stereocenters. The normalized spacial score (nSPS) is 26.0. The number of halogens is 3. The van der Waals surface area contributed by atoms with Gasteiger partial charge < -0.3 is 34.6 Å². The smallest absolute Gasteiger partial charge is 0.403 e. The van der Waals surface area contributed by atoms with Crippen LogP contribution in [0.5, 0.6) is 0 Å². The fourth-order valence-electron chi connectivity index (χ4n) is 10.5. The number of likely N-dealkylation sites (tertiary alicyclic amines) is 3. The van der Waals surface area contributed by atoms with E-state index in [0.29, 0.717) is 44.7 Å². The van der Waals surface area contributed by atoms with Gasteiger partial charge in [0, 0.05) is 73.8 Å². The molecule has 1 spiro atoms. The van der Waals surface area contributed by atoms with Crippen molar-refractivity contribution in [2.24, 2.45) is 22.2 Å². The van der Waals surface area contributed by atoms with E-state index < -0.39 is 58.8 Å². The molecule has 338 valence electrons. The maximum atomic E-state index is 14.8. The summed E-state index contributed by atoms with van der Waals surface area (Å²) in [6.07, 6.45) is 3.92. The summed E-state index contributed by atoms with van der Waals surface area (Å²) >= 11 is 1.58. The number of aromatic carboxylic acids is 1. The molecule has 0 radical (unpaired) electrons. The number of fused-ring (bicyclic) bond motifs is 3. The molecule has 2 bridgehead atoms. The molecule has 5 aliphatic heterocycles. The van der Waals surface area contributed by atoms with E-state index in [1.54, 1.807) is 47.6 Å². The Morgan fingerprint density at radius 1 is 1.00 bits per heavy atom. The van der Waals surface area contributed by atoms with E-state index in [4.69, 9.17) is 9.47 Å². The molecule has 7 aliphatic rings. The van der Waals surface area contributed by atoms with E-state index in [1.165, 1.54) is 28.0 Å². The van der Waals surface area contributed by atoms with Crippen LogP contribution in [0.3, 0.4) is 0 Å². The van der Waals surface area contributed by atoms with Gasteiger partial charge in [-0.15, -0.1) is 11.3 Å². The molecule has 3 atom stereocenters. The Morgan fingerprint density at radius 3 is 2.35 bits per heavy atom. The summed E-state index contributed by atoms with van der Waals surface area (Å²) in [5.74, 6) is -4.26. The van der Waals surface area contributed by atoms with Gasteiger partial charge in [-0.2, -0.15) is 18.3 Å². The minimum absolute atomic E-state index is 0.0296. The first-order valence-electron chi connectivity index (χ1n) is 21.8. The number of piperidine rings is 1. The number of aromatic nitrogens is 3. The molecule has 5 saturated heterocycles. The number of benzene rings is 1. The molecule has 2 saturated carbocycles. The number of alkyl halides is 3. The van der Waals surface area contributed by atoms with Crippen LogP contribution in [0.4, 0.5) is 13.2 Å². The number of hydrogen-bond donors (Lipinski definition) is 2. The van der Waals surface area contributed by atoms with Crippen LogP contribution >= 0.6 is 11.3 Å². The van der Waals surface area contributed by atoms with Crippen LogP contribution in [0.15, 0.2) is 48.2 Å². The van der Waals surface area contributed by atoms with Crippen LogP contribution in [-0.2, 0) is 30.4 Å². The van der Waals surface area contributed by atoms with Crippen molar-refractivity contribution < 1.29 is 51.7 Å². The Balaban J connectivity index is 0.949. The molecule has 10 rings (SSSR count). The van der Waals surface area contributed by atoms with Crippen LogP contribution in [0.25, 0.3) is 0 Å². The van der Waals surface area contributed by atoms with E-state index in [1.807, 2.05) is 5.38 Å². The SMILES string of the molecule is C[C@@H](OCC12CCC(CC1)OC2)[C@H](NC(=O)[C@@H]1CN(C(=O)c2cnn(Cc3ccccc3C(=O)O)c2)CC12CN(C(=O)C1(C(F)(F)F)CC1)C2)C(=O)N1CCC(c2nccs2)CC1. The number of carboxylic acid groups (broad SMARTS) is 1. The zero-order chi connectivity index (χ0) is 44.3. The fourth-order valence-corrected chi connectivity index (χ4v) is 11.3. The molecule has 2 N–H and O–H groups in total. The molecule has 2 aromatic heterocycles. The van der Waals surface area contributed by atoms with Gasteiger partial charge in [0.1, 0.15) is 11.5 Å². The zero-order valence-electron chi connectivity index (χ0n) is 35.1. The van der Waals surface area contributed by atoms with E-state index in [9.17, 15) is 42.3 Å². The highest BCUT2D eigenvalue weighted by Gasteiger charge is 2.72. The third-order valence-electron chi connectivity index (χ3n) is 14.6. The highest BCUT2D eigenvalue weighted by Crippen LogP contribution is 2.60. The highest BCUT2D eigenvalue weighted by atomic mass is 32.1. The van der Waals surface area contributed by atoms with Gasteiger partial charge in [0.2, 0.25) is 17.7 Å². The van der Waals surface area contributed by atoms with Crippen LogP contribution in [0.1, 0.15) is 95.5 Å². The molecule has 2 aliphatic carbocycles. The monoisotopic (exact) mass is 895 g/mol. The van der Waals surface area contributed by atoms with Crippen molar-refractivity contribution in [3.63, 3.8) is 0 Å². The molecular weight excluding hydrogens is 844 g/mol. The minimum Gasteiger partial charge on any atom is -0.478 e. The van der Waals surface area contributed by atoms with Crippen LogP contribution in [-0.4, -0.2) is 141 Å². The van der Waals surface area contributed by atoms with Crippen molar-refractivity contribution in [2.75, 3.05) is 52.5 Å². The first-order valence-corrected chi connectivity index (χ1v) is 22.7. The van der Waals surface area contributed by atoms with Gasteiger partial charge >= 0.3 is 12.1 Å². The minimum atomic E-state index is -4.71. The lowest BCUT2D eigenvalue weighted by atomic mass is 9.70. The second-order valence-electron chi connectivity index (χ2n) is 18.7. The summed E-state index contributed by atoms with van der Waals surface area (Å²) in [5.41, 5.74) is -2.99. The van der Waals surface area contributed by atoms with Gasteiger partial charge in [0.15, 0.2) is 0 Å². The number of amides is 4. The summed E-state index contributed by atoms with van der Waals surface area (Å²) in [5, 5.41) is 19.9. The third-order valence-corrected chi connectivity index (χ3v) is 15.6. The molecule has 19 heteroatoms. The topological polar surface area (TPSA) is 176 Å². The zero-order valence-corrected chi connectivity index (χ0v) is 35.9. The van der Waals surface area contributed by atoms with Crippen molar-refractivity contribution in [1.29, 1.82) is 0 Å². The van der Waals surface area contributed by atoms with Crippen molar-refractivity contribution in [3.8, 4) is 0 Å². The second-order valence-corrected chi connectivity index (χ2v) is 19.6. The van der Waals surface area contributed by atoms with Gasteiger partial charge in [-0.1, -0.05) is 18.2 Å². The van der Waals surface area contributed by atoms with Crippen LogP contribution in [0, 0.1) is 22.2 Å². The lowest BCUT2D eigenvalue weighted by Crippen LogP contribution is -2.67. The molecule has 3 aromatic rings. The predicted molar refractivity (Wildman–Crippen MR) is 220 cm³/mol. The molecule has 7 heterocycles. The van der Waals surface area contributed by atoms with Crippen molar-refractivity contribution in [2.45, 2.75) is 95.2 Å². The quantitative estimate of drug-likeness (QED) is 0.247. The number of hydrogen-bond acceptors (Lipinski definition) is 10. The Morgan fingerprint density at radius 2 is 1.71 bits per heavy atom. The summed E-state index contributed by atoms with van der Waals surface area (Å²) in [6, 6.07) is 5.32. The number of carboxylic acids is 1. The first kappa shape index (κ1) is 43.4. The Kier molecular flexibility index (Phi) is 11.4. The molecule has 63 heavy (non-hydrogen) atoms. The van der Waals surface area contributed by atoms with Gasteiger partial charge in [0.05, 0.1) is 60.2 Å². The van der Waals surface area contributed by atoms with Gasteiger partial charge in [-0.05, 0) is 69.9 Å². The number of thiazole rings is 1. The molecular formula is C44H52F3N7O8S. The number of nitrogens with one attached hydrogen (secondary N) is 1. The largest absolute Gasteiger partial charge is 0.478 e. The van der Waals surface area contributed by atoms with E-state index in [-0.39, 0.29) is 80.0 Å². The summed E-state index contributed by atoms with van der Waals surface area (Å²) in [6.45, 7) is 3.14. The Bertz CT molecular complexity index is 2210. The highest BCUT2D eigenvalue weighted by molar-refractivity contribution is 7.09. The summed E-state index contributed by atoms with van der Waals surface area (Å²) in [4.78, 5) is 77.6. The van der Waals surface area contributed by atoms with Crippen LogP contribution < -0.4 is 5.32 Å². The number of ether oxygens (including phenoxy) is 2. The number of carbonyl (C=O) groups excluding carboxylic acids is 4. The van der Waals surface area contributed by atoms with E-state index in [0.717, 1.165) is 35.6 Å². The van der Waals surface area contributed by atoms with Crippen LogP contribution in [0.2, 0.25) is 0 Å². The summed E-state index contributed by atoms with van der Waals surface area (Å²) < 4.78 is 56.3. The van der Waals surface area contributed by atoms with Crippen molar-refractivity contribution in [1.82, 2.24) is 34.8 Å².